The Balaban J connectivity index is 2.19. The molecule has 1 heterocycles. The van der Waals surface area contributed by atoms with Gasteiger partial charge >= 0.3 is 0 Å². The SMILES string of the molecule is CCc1c(C(C)NCCN(C)C)oc2ccccc12. The van der Waals surface area contributed by atoms with Gasteiger partial charge in [0.15, 0.2) is 0 Å². The Morgan fingerprint density at radius 2 is 2.00 bits per heavy atom. The van der Waals surface area contributed by atoms with Gasteiger partial charge in [-0.2, -0.15) is 0 Å². The van der Waals surface area contributed by atoms with Gasteiger partial charge in [0.25, 0.3) is 0 Å². The minimum Gasteiger partial charge on any atom is -0.459 e. The van der Waals surface area contributed by atoms with E-state index in [4.69, 9.17) is 4.42 Å². The Kier molecular flexibility index (Phi) is 4.61. The van der Waals surface area contributed by atoms with Crippen LogP contribution in [0.25, 0.3) is 11.0 Å². The first-order valence-corrected chi connectivity index (χ1v) is 7.02. The largest absolute Gasteiger partial charge is 0.459 e. The van der Waals surface area contributed by atoms with Crippen molar-refractivity contribution in [3.63, 3.8) is 0 Å². The zero-order valence-electron chi connectivity index (χ0n) is 12.4. The van der Waals surface area contributed by atoms with Crippen LogP contribution in [0.15, 0.2) is 28.7 Å². The molecule has 0 saturated carbocycles. The van der Waals surface area contributed by atoms with Crippen molar-refractivity contribution in [2.24, 2.45) is 0 Å². The zero-order chi connectivity index (χ0) is 13.8. The lowest BCUT2D eigenvalue weighted by Gasteiger charge is -2.15. The Bertz CT molecular complexity index is 531. The van der Waals surface area contributed by atoms with Gasteiger partial charge in [0.2, 0.25) is 0 Å². The highest BCUT2D eigenvalue weighted by Gasteiger charge is 2.17. The number of nitrogens with one attached hydrogen (secondary N) is 1. The second-order valence-corrected chi connectivity index (χ2v) is 5.27. The number of nitrogens with zero attached hydrogens (tertiary/aromatic N) is 1. The molecule has 0 spiro atoms. The third-order valence-corrected chi connectivity index (χ3v) is 3.49. The minimum absolute atomic E-state index is 0.252. The number of benzene rings is 1. The molecule has 0 amide bonds. The number of furan rings is 1. The van der Waals surface area contributed by atoms with Crippen LogP contribution < -0.4 is 5.32 Å². The molecule has 0 aliphatic carbocycles. The second-order valence-electron chi connectivity index (χ2n) is 5.27. The van der Waals surface area contributed by atoms with E-state index < -0.39 is 0 Å². The summed E-state index contributed by atoms with van der Waals surface area (Å²) in [5.41, 5.74) is 2.33. The Labute approximate surface area is 115 Å². The maximum atomic E-state index is 6.03. The second kappa shape index (κ2) is 6.22. The topological polar surface area (TPSA) is 28.4 Å². The van der Waals surface area contributed by atoms with Gasteiger partial charge in [-0.25, -0.2) is 0 Å². The monoisotopic (exact) mass is 260 g/mol. The molecule has 3 nitrogen and oxygen atoms in total. The summed E-state index contributed by atoms with van der Waals surface area (Å²) in [5.74, 6) is 1.09. The lowest BCUT2D eigenvalue weighted by Crippen LogP contribution is -2.28. The smallest absolute Gasteiger partial charge is 0.134 e. The standard InChI is InChI=1S/C16H24N2O/c1-5-13-14-8-6-7-9-15(14)19-16(13)12(2)17-10-11-18(3)4/h6-9,12,17H,5,10-11H2,1-4H3. The van der Waals surface area contributed by atoms with E-state index in [0.717, 1.165) is 30.9 Å². The Morgan fingerprint density at radius 3 is 2.68 bits per heavy atom. The van der Waals surface area contributed by atoms with E-state index in [-0.39, 0.29) is 6.04 Å². The van der Waals surface area contributed by atoms with Crippen molar-refractivity contribution in [1.29, 1.82) is 0 Å². The molecule has 0 bridgehead atoms. The Morgan fingerprint density at radius 1 is 1.26 bits per heavy atom. The average molecular weight is 260 g/mol. The van der Waals surface area contributed by atoms with Crippen LogP contribution in [-0.4, -0.2) is 32.1 Å². The van der Waals surface area contributed by atoms with E-state index >= 15 is 0 Å². The molecule has 0 aliphatic rings. The molecule has 2 aromatic rings. The first kappa shape index (κ1) is 14.1. The zero-order valence-corrected chi connectivity index (χ0v) is 12.4. The van der Waals surface area contributed by atoms with Gasteiger partial charge in [-0.3, -0.25) is 0 Å². The number of hydrogen-bond acceptors (Lipinski definition) is 3. The molecule has 0 fully saturated rings. The van der Waals surface area contributed by atoms with E-state index in [1.54, 1.807) is 0 Å². The number of likely N-dealkylation sites (N-methyl/N-ethyl adjacent to an activating group) is 1. The number of fused-ring (bicyclic) bond motifs is 1. The fourth-order valence-electron chi connectivity index (χ4n) is 2.43. The molecular weight excluding hydrogens is 236 g/mol. The van der Waals surface area contributed by atoms with Gasteiger partial charge in [0.05, 0.1) is 6.04 Å². The van der Waals surface area contributed by atoms with Crippen molar-refractivity contribution in [1.82, 2.24) is 10.2 Å². The maximum Gasteiger partial charge on any atom is 0.134 e. The Hall–Kier alpha value is -1.32. The van der Waals surface area contributed by atoms with Crippen LogP contribution in [0.1, 0.15) is 31.2 Å². The minimum atomic E-state index is 0.252. The molecule has 2 rings (SSSR count). The van der Waals surface area contributed by atoms with E-state index in [2.05, 4.69) is 50.3 Å². The highest BCUT2D eigenvalue weighted by atomic mass is 16.3. The third-order valence-electron chi connectivity index (χ3n) is 3.49. The maximum absolute atomic E-state index is 6.03. The fraction of sp³-hybridized carbons (Fsp3) is 0.500. The molecule has 3 heteroatoms. The van der Waals surface area contributed by atoms with Crippen molar-refractivity contribution in [3.8, 4) is 0 Å². The lowest BCUT2D eigenvalue weighted by atomic mass is 10.1. The van der Waals surface area contributed by atoms with Gasteiger partial charge in [0.1, 0.15) is 11.3 Å². The van der Waals surface area contributed by atoms with Crippen LogP contribution in [-0.2, 0) is 6.42 Å². The third kappa shape index (κ3) is 3.17. The van der Waals surface area contributed by atoms with Crippen LogP contribution in [0, 0.1) is 0 Å². The number of para-hydroxylation sites is 1. The quantitative estimate of drug-likeness (QED) is 0.864. The highest BCUT2D eigenvalue weighted by molar-refractivity contribution is 5.82. The molecule has 1 unspecified atom stereocenters. The summed E-state index contributed by atoms with van der Waals surface area (Å²) >= 11 is 0. The molecule has 19 heavy (non-hydrogen) atoms. The summed E-state index contributed by atoms with van der Waals surface area (Å²) < 4.78 is 6.03. The van der Waals surface area contributed by atoms with Crippen LogP contribution in [0.3, 0.4) is 0 Å². The molecule has 0 radical (unpaired) electrons. The number of rotatable bonds is 6. The van der Waals surface area contributed by atoms with Gasteiger partial charge in [-0.05, 0) is 33.5 Å². The van der Waals surface area contributed by atoms with E-state index in [0.29, 0.717) is 0 Å². The molecule has 1 atom stereocenters. The van der Waals surface area contributed by atoms with E-state index in [1.165, 1.54) is 10.9 Å². The van der Waals surface area contributed by atoms with Crippen LogP contribution in [0.4, 0.5) is 0 Å². The van der Waals surface area contributed by atoms with Gasteiger partial charge in [-0.1, -0.05) is 25.1 Å². The first-order valence-electron chi connectivity index (χ1n) is 7.02. The molecule has 0 aliphatic heterocycles. The van der Waals surface area contributed by atoms with Crippen molar-refractivity contribution in [3.05, 3.63) is 35.6 Å². The predicted molar refractivity (Wildman–Crippen MR) is 80.6 cm³/mol. The number of aryl methyl sites for hydroxylation is 1. The summed E-state index contributed by atoms with van der Waals surface area (Å²) in [4.78, 5) is 2.18. The first-order chi connectivity index (χ1) is 9.13. The number of hydrogen-bond donors (Lipinski definition) is 1. The van der Waals surface area contributed by atoms with Crippen molar-refractivity contribution in [2.45, 2.75) is 26.3 Å². The molecular formula is C16H24N2O. The summed E-state index contributed by atoms with van der Waals surface area (Å²) in [6, 6.07) is 8.55. The molecule has 104 valence electrons. The normalized spacial score (nSPS) is 13.3. The van der Waals surface area contributed by atoms with Gasteiger partial charge in [-0.15, -0.1) is 0 Å². The van der Waals surface area contributed by atoms with E-state index in [9.17, 15) is 0 Å². The van der Waals surface area contributed by atoms with Gasteiger partial charge < -0.3 is 14.6 Å². The van der Waals surface area contributed by atoms with Crippen molar-refractivity contribution < 1.29 is 4.42 Å². The molecule has 1 aromatic carbocycles. The fourth-order valence-corrected chi connectivity index (χ4v) is 2.43. The van der Waals surface area contributed by atoms with Crippen LogP contribution in [0.5, 0.6) is 0 Å². The lowest BCUT2D eigenvalue weighted by molar-refractivity contribution is 0.374. The summed E-state index contributed by atoms with van der Waals surface area (Å²) in [5, 5.41) is 4.78. The molecule has 1 aromatic heterocycles. The highest BCUT2D eigenvalue weighted by Crippen LogP contribution is 2.30. The van der Waals surface area contributed by atoms with Gasteiger partial charge in [0, 0.05) is 24.0 Å². The van der Waals surface area contributed by atoms with Crippen LogP contribution >= 0.6 is 0 Å². The average Bonchev–Trinajstić information content (AvgIpc) is 2.76. The molecule has 1 N–H and O–H groups in total. The van der Waals surface area contributed by atoms with Crippen molar-refractivity contribution in [2.75, 3.05) is 27.2 Å². The van der Waals surface area contributed by atoms with Crippen LogP contribution in [0.2, 0.25) is 0 Å². The van der Waals surface area contributed by atoms with E-state index in [1.807, 2.05) is 12.1 Å². The summed E-state index contributed by atoms with van der Waals surface area (Å²) in [6.07, 6.45) is 1.01. The summed E-state index contributed by atoms with van der Waals surface area (Å²) in [7, 11) is 4.18. The summed E-state index contributed by atoms with van der Waals surface area (Å²) in [6.45, 7) is 6.36. The predicted octanol–water partition coefficient (Wildman–Crippen LogP) is 3.21. The van der Waals surface area contributed by atoms with Crippen molar-refractivity contribution >= 4 is 11.0 Å². The molecule has 0 saturated heterocycles.